The number of para-hydroxylation sites is 1. The number of fused-ring (bicyclic) bond motifs is 1. The van der Waals surface area contributed by atoms with Gasteiger partial charge in [0.15, 0.2) is 0 Å². The number of nitrogens with one attached hydrogen (secondary N) is 3. The van der Waals surface area contributed by atoms with E-state index in [-0.39, 0.29) is 38.6 Å². The van der Waals surface area contributed by atoms with Gasteiger partial charge in [0.25, 0.3) is 0 Å². The van der Waals surface area contributed by atoms with Gasteiger partial charge in [0.1, 0.15) is 18.1 Å². The number of carbonyl (C=O) groups excluding carboxylic acids is 4. The summed E-state index contributed by atoms with van der Waals surface area (Å²) in [6.07, 6.45) is 1.43. The van der Waals surface area contributed by atoms with Crippen LogP contribution in [0.5, 0.6) is 0 Å². The maximum absolute atomic E-state index is 13.5. The third-order valence-electron chi connectivity index (χ3n) is 6.85. The lowest BCUT2D eigenvalue weighted by atomic mass is 10.0. The van der Waals surface area contributed by atoms with Crippen LogP contribution in [-0.4, -0.2) is 86.4 Å². The van der Waals surface area contributed by atoms with Crippen LogP contribution in [0.1, 0.15) is 44.1 Å². The summed E-state index contributed by atoms with van der Waals surface area (Å²) in [6.45, 7) is 0.152. The molecule has 14 heteroatoms. The summed E-state index contributed by atoms with van der Waals surface area (Å²) in [7, 11) is 0. The maximum atomic E-state index is 13.5. The van der Waals surface area contributed by atoms with Gasteiger partial charge in [-0.05, 0) is 37.3 Å². The number of aromatic amines is 1. The Hall–Kier alpha value is -4.46. The van der Waals surface area contributed by atoms with E-state index >= 15 is 0 Å². The molecule has 1 aromatic heterocycles. The van der Waals surface area contributed by atoms with E-state index < -0.39 is 66.2 Å². The van der Waals surface area contributed by atoms with Gasteiger partial charge in [-0.1, -0.05) is 18.2 Å². The van der Waals surface area contributed by atoms with Crippen LogP contribution in [0.3, 0.4) is 0 Å². The molecule has 9 N–H and O–H groups in total. The summed E-state index contributed by atoms with van der Waals surface area (Å²) in [6, 6.07) is 2.50. The molecule has 4 atom stereocenters. The molecule has 2 heterocycles. The number of hydrogen-bond acceptors (Lipinski definition) is 7. The number of benzene rings is 1. The zero-order valence-corrected chi connectivity index (χ0v) is 21.8. The number of H-pyrrole nitrogens is 1. The predicted molar refractivity (Wildman–Crippen MR) is 142 cm³/mol. The van der Waals surface area contributed by atoms with Crippen LogP contribution in [0, 0.1) is 0 Å². The molecule has 0 spiro atoms. The molecular formula is C26H34N6O8. The van der Waals surface area contributed by atoms with Gasteiger partial charge in [0, 0.05) is 42.9 Å². The number of hydrogen-bond donors (Lipinski definition) is 7. The molecule has 1 saturated heterocycles. The van der Waals surface area contributed by atoms with E-state index in [9.17, 15) is 39.0 Å². The van der Waals surface area contributed by atoms with Crippen LogP contribution >= 0.6 is 0 Å². The Morgan fingerprint density at radius 1 is 1.00 bits per heavy atom. The minimum Gasteiger partial charge on any atom is -0.481 e. The number of carboxylic acids is 2. The van der Waals surface area contributed by atoms with Gasteiger partial charge in [0.05, 0.1) is 6.04 Å². The Morgan fingerprint density at radius 2 is 1.70 bits per heavy atom. The van der Waals surface area contributed by atoms with Crippen LogP contribution in [-0.2, 0) is 35.2 Å². The first-order valence-electron chi connectivity index (χ1n) is 12.9. The summed E-state index contributed by atoms with van der Waals surface area (Å²) < 4.78 is 0. The Morgan fingerprint density at radius 3 is 2.38 bits per heavy atom. The third kappa shape index (κ3) is 7.79. The summed E-state index contributed by atoms with van der Waals surface area (Å²) >= 11 is 0. The monoisotopic (exact) mass is 558 g/mol. The van der Waals surface area contributed by atoms with Crippen molar-refractivity contribution in [1.29, 1.82) is 0 Å². The van der Waals surface area contributed by atoms with E-state index in [1.807, 2.05) is 24.3 Å². The number of carboxylic acid groups (broad SMARTS) is 2. The van der Waals surface area contributed by atoms with Crippen LogP contribution in [0.25, 0.3) is 10.9 Å². The lowest BCUT2D eigenvalue weighted by Gasteiger charge is -2.29. The standard InChI is InChI=1S/C26H34N6O8/c27-16(7-9-21(28)33)23(36)31-19(12-14-13-29-17-5-2-1-4-15(14)17)24(37)30-18(8-10-22(34)35)25(38)32-11-3-6-20(32)26(39)40/h1-2,4-5,13,16,18-20,29H,3,6-12,27H2,(H2,28,33)(H,30,37)(H,31,36)(H,34,35)(H,39,40). The molecule has 3 rings (SSSR count). The summed E-state index contributed by atoms with van der Waals surface area (Å²) in [4.78, 5) is 77.9. The van der Waals surface area contributed by atoms with Gasteiger partial charge in [-0.15, -0.1) is 0 Å². The molecule has 216 valence electrons. The molecule has 0 saturated carbocycles. The van der Waals surface area contributed by atoms with Crippen molar-refractivity contribution in [1.82, 2.24) is 20.5 Å². The van der Waals surface area contributed by atoms with E-state index in [0.29, 0.717) is 12.0 Å². The van der Waals surface area contributed by atoms with Crippen LogP contribution in [0.15, 0.2) is 30.5 Å². The Balaban J connectivity index is 1.85. The van der Waals surface area contributed by atoms with E-state index in [1.165, 1.54) is 0 Å². The molecule has 0 aliphatic carbocycles. The van der Waals surface area contributed by atoms with Gasteiger partial charge >= 0.3 is 11.9 Å². The highest BCUT2D eigenvalue weighted by atomic mass is 16.4. The fraction of sp³-hybridized carbons (Fsp3) is 0.462. The largest absolute Gasteiger partial charge is 0.481 e. The number of amides is 4. The van der Waals surface area contributed by atoms with Crippen LogP contribution < -0.4 is 22.1 Å². The fourth-order valence-electron chi connectivity index (χ4n) is 4.72. The number of carbonyl (C=O) groups is 6. The zero-order valence-electron chi connectivity index (χ0n) is 21.8. The number of nitrogens with two attached hydrogens (primary N) is 2. The molecule has 4 unspecified atom stereocenters. The molecule has 1 aliphatic heterocycles. The second kappa shape index (κ2) is 13.6. The molecule has 1 aromatic carbocycles. The first-order chi connectivity index (χ1) is 19.0. The molecular weight excluding hydrogens is 524 g/mol. The number of nitrogens with zero attached hydrogens (tertiary/aromatic N) is 1. The van der Waals surface area contributed by atoms with Crippen molar-refractivity contribution in [2.45, 2.75) is 69.1 Å². The van der Waals surface area contributed by atoms with E-state index in [0.717, 1.165) is 15.8 Å². The second-order valence-corrected chi connectivity index (χ2v) is 9.76. The van der Waals surface area contributed by atoms with Crippen LogP contribution in [0.2, 0.25) is 0 Å². The van der Waals surface area contributed by atoms with Crippen molar-refractivity contribution >= 4 is 46.5 Å². The summed E-state index contributed by atoms with van der Waals surface area (Å²) in [5, 5.41) is 24.6. The van der Waals surface area contributed by atoms with Crippen molar-refractivity contribution in [3.63, 3.8) is 0 Å². The molecule has 0 bridgehead atoms. The Bertz CT molecular complexity index is 1280. The molecule has 2 aromatic rings. The molecule has 0 radical (unpaired) electrons. The van der Waals surface area contributed by atoms with Crippen molar-refractivity contribution in [3.05, 3.63) is 36.0 Å². The minimum absolute atomic E-state index is 0.00850. The average molecular weight is 559 g/mol. The SMILES string of the molecule is NC(=O)CCC(N)C(=O)NC(Cc1c[nH]c2ccccc12)C(=O)NC(CCC(=O)O)C(=O)N1CCCC1C(=O)O. The van der Waals surface area contributed by atoms with Crippen molar-refractivity contribution < 1.29 is 39.0 Å². The normalized spacial score (nSPS) is 17.1. The van der Waals surface area contributed by atoms with E-state index in [1.54, 1.807) is 6.20 Å². The number of aromatic nitrogens is 1. The highest BCUT2D eigenvalue weighted by Crippen LogP contribution is 2.21. The molecule has 4 amide bonds. The highest BCUT2D eigenvalue weighted by Gasteiger charge is 2.38. The lowest BCUT2D eigenvalue weighted by Crippen LogP contribution is -2.57. The first-order valence-corrected chi connectivity index (χ1v) is 12.9. The van der Waals surface area contributed by atoms with Crippen molar-refractivity contribution in [2.75, 3.05) is 6.54 Å². The maximum Gasteiger partial charge on any atom is 0.326 e. The van der Waals surface area contributed by atoms with E-state index in [2.05, 4.69) is 15.6 Å². The zero-order chi connectivity index (χ0) is 29.4. The van der Waals surface area contributed by atoms with Crippen molar-refractivity contribution in [2.24, 2.45) is 11.5 Å². The average Bonchev–Trinajstić information content (AvgIpc) is 3.56. The van der Waals surface area contributed by atoms with Gasteiger partial charge in [-0.25, -0.2) is 4.79 Å². The number of aliphatic carboxylic acids is 2. The topological polar surface area (TPSA) is 238 Å². The van der Waals surface area contributed by atoms with Gasteiger partial charge < -0.3 is 42.2 Å². The number of rotatable bonds is 14. The van der Waals surface area contributed by atoms with Gasteiger partial charge in [0.2, 0.25) is 23.6 Å². The summed E-state index contributed by atoms with van der Waals surface area (Å²) in [5.41, 5.74) is 12.5. The van der Waals surface area contributed by atoms with Gasteiger partial charge in [-0.3, -0.25) is 24.0 Å². The van der Waals surface area contributed by atoms with Gasteiger partial charge in [-0.2, -0.15) is 0 Å². The summed E-state index contributed by atoms with van der Waals surface area (Å²) in [5.74, 6) is -5.25. The van der Waals surface area contributed by atoms with E-state index in [4.69, 9.17) is 11.5 Å². The molecule has 40 heavy (non-hydrogen) atoms. The second-order valence-electron chi connectivity index (χ2n) is 9.76. The molecule has 1 aliphatic rings. The number of likely N-dealkylation sites (tertiary alicyclic amines) is 1. The Kier molecular flexibility index (Phi) is 10.2. The smallest absolute Gasteiger partial charge is 0.326 e. The molecule has 1 fully saturated rings. The predicted octanol–water partition coefficient (Wildman–Crippen LogP) is -0.787. The fourth-order valence-corrected chi connectivity index (χ4v) is 4.72. The first kappa shape index (κ1) is 30.1. The Labute approximate surface area is 229 Å². The van der Waals surface area contributed by atoms with Crippen LogP contribution in [0.4, 0.5) is 0 Å². The lowest BCUT2D eigenvalue weighted by molar-refractivity contribution is -0.150. The number of primary amides is 1. The quantitative estimate of drug-likeness (QED) is 0.154. The molecule has 14 nitrogen and oxygen atoms in total. The van der Waals surface area contributed by atoms with Crippen molar-refractivity contribution in [3.8, 4) is 0 Å². The minimum atomic E-state index is -1.34. The highest BCUT2D eigenvalue weighted by molar-refractivity contribution is 5.95. The third-order valence-corrected chi connectivity index (χ3v) is 6.85.